The Morgan fingerprint density at radius 1 is 0.966 bits per heavy atom. The molecule has 1 amide bonds. The predicted octanol–water partition coefficient (Wildman–Crippen LogP) is 4.19. The summed E-state index contributed by atoms with van der Waals surface area (Å²) in [5, 5.41) is 2.68. The van der Waals surface area contributed by atoms with Gasteiger partial charge in [0.15, 0.2) is 0 Å². The van der Waals surface area contributed by atoms with Gasteiger partial charge in [-0.25, -0.2) is 4.79 Å². The summed E-state index contributed by atoms with van der Waals surface area (Å²) >= 11 is 0. The molecule has 0 aliphatic rings. The van der Waals surface area contributed by atoms with Crippen molar-refractivity contribution in [1.82, 2.24) is 15.0 Å². The standard InChI is InChI=1S/C20H13F3N4O2/c21-20(22,23)13-3-1-2-11(8-13)15-6-4-12(10-24-15)18(28)25-14-5-7-16-17(9-14)27-19(29)26-16/h1-10H,(H,25,28)(H2,26,27,29). The number of pyridine rings is 1. The first kappa shape index (κ1) is 18.5. The maximum atomic E-state index is 12.9. The summed E-state index contributed by atoms with van der Waals surface area (Å²) in [5.41, 5.74) is 1.37. The maximum absolute atomic E-state index is 12.9. The summed E-state index contributed by atoms with van der Waals surface area (Å²) in [6.45, 7) is 0. The number of aromatic nitrogens is 3. The van der Waals surface area contributed by atoms with Crippen molar-refractivity contribution in [3.63, 3.8) is 0 Å². The Morgan fingerprint density at radius 3 is 2.48 bits per heavy atom. The fourth-order valence-electron chi connectivity index (χ4n) is 2.87. The summed E-state index contributed by atoms with van der Waals surface area (Å²) in [5.74, 6) is -0.440. The molecule has 0 aliphatic carbocycles. The van der Waals surface area contributed by atoms with Crippen LogP contribution < -0.4 is 11.0 Å². The number of halogens is 3. The van der Waals surface area contributed by atoms with Gasteiger partial charge >= 0.3 is 11.9 Å². The number of H-pyrrole nitrogens is 2. The van der Waals surface area contributed by atoms with Crippen molar-refractivity contribution >= 4 is 22.6 Å². The van der Waals surface area contributed by atoms with E-state index in [0.717, 1.165) is 12.1 Å². The van der Waals surface area contributed by atoms with E-state index in [-0.39, 0.29) is 11.3 Å². The van der Waals surface area contributed by atoms with E-state index in [0.29, 0.717) is 28.0 Å². The number of fused-ring (bicyclic) bond motifs is 1. The predicted molar refractivity (Wildman–Crippen MR) is 102 cm³/mol. The number of imidazole rings is 1. The van der Waals surface area contributed by atoms with Gasteiger partial charge in [-0.3, -0.25) is 9.78 Å². The zero-order valence-electron chi connectivity index (χ0n) is 14.7. The van der Waals surface area contributed by atoms with Crippen molar-refractivity contribution in [2.45, 2.75) is 6.18 Å². The van der Waals surface area contributed by atoms with Crippen LogP contribution in [0.5, 0.6) is 0 Å². The fraction of sp³-hybridized carbons (Fsp3) is 0.0500. The van der Waals surface area contributed by atoms with Gasteiger partial charge in [-0.05, 0) is 42.5 Å². The van der Waals surface area contributed by atoms with E-state index < -0.39 is 17.6 Å². The lowest BCUT2D eigenvalue weighted by Crippen LogP contribution is -2.12. The average Bonchev–Trinajstić information content (AvgIpc) is 3.07. The molecule has 0 radical (unpaired) electrons. The molecular weight excluding hydrogens is 385 g/mol. The topological polar surface area (TPSA) is 90.6 Å². The Labute approximate surface area is 161 Å². The van der Waals surface area contributed by atoms with Crippen molar-refractivity contribution in [2.75, 3.05) is 5.32 Å². The number of carbonyl (C=O) groups is 1. The van der Waals surface area contributed by atoms with Gasteiger partial charge in [0.1, 0.15) is 0 Å². The molecule has 0 atom stereocenters. The minimum absolute atomic E-state index is 0.239. The molecule has 3 N–H and O–H groups in total. The van der Waals surface area contributed by atoms with E-state index in [9.17, 15) is 22.8 Å². The molecule has 0 saturated heterocycles. The van der Waals surface area contributed by atoms with Crippen LogP contribution in [0.25, 0.3) is 22.3 Å². The van der Waals surface area contributed by atoms with Gasteiger partial charge < -0.3 is 15.3 Å². The molecule has 0 bridgehead atoms. The monoisotopic (exact) mass is 398 g/mol. The van der Waals surface area contributed by atoms with Gasteiger partial charge in [-0.15, -0.1) is 0 Å². The zero-order valence-corrected chi connectivity index (χ0v) is 14.7. The van der Waals surface area contributed by atoms with Gasteiger partial charge in [0.05, 0.1) is 27.9 Å². The number of rotatable bonds is 3. The highest BCUT2D eigenvalue weighted by Crippen LogP contribution is 2.31. The minimum atomic E-state index is -4.44. The number of benzene rings is 2. The smallest absolute Gasteiger partial charge is 0.322 e. The van der Waals surface area contributed by atoms with Gasteiger partial charge in [0.2, 0.25) is 0 Å². The van der Waals surface area contributed by atoms with Crippen molar-refractivity contribution in [3.05, 3.63) is 82.4 Å². The molecule has 6 nitrogen and oxygen atoms in total. The zero-order chi connectivity index (χ0) is 20.6. The molecule has 146 valence electrons. The summed E-state index contributed by atoms with van der Waals surface area (Å²) in [4.78, 5) is 33.0. The van der Waals surface area contributed by atoms with Crippen LogP contribution in [0.15, 0.2) is 65.6 Å². The van der Waals surface area contributed by atoms with Crippen LogP contribution in [0, 0.1) is 0 Å². The minimum Gasteiger partial charge on any atom is -0.322 e. The summed E-state index contributed by atoms with van der Waals surface area (Å²) in [6, 6.07) is 12.7. The maximum Gasteiger partial charge on any atom is 0.416 e. The van der Waals surface area contributed by atoms with Crippen molar-refractivity contribution in [3.8, 4) is 11.3 Å². The van der Waals surface area contributed by atoms with E-state index in [1.807, 2.05) is 0 Å². The molecule has 2 heterocycles. The van der Waals surface area contributed by atoms with Gasteiger partial charge in [-0.1, -0.05) is 12.1 Å². The normalized spacial score (nSPS) is 11.6. The summed E-state index contributed by atoms with van der Waals surface area (Å²) < 4.78 is 38.6. The molecule has 0 fully saturated rings. The first-order valence-corrected chi connectivity index (χ1v) is 8.47. The highest BCUT2D eigenvalue weighted by atomic mass is 19.4. The van der Waals surface area contributed by atoms with E-state index in [2.05, 4.69) is 20.3 Å². The second kappa shape index (κ2) is 6.93. The Balaban J connectivity index is 1.54. The van der Waals surface area contributed by atoms with E-state index >= 15 is 0 Å². The Morgan fingerprint density at radius 2 is 1.76 bits per heavy atom. The van der Waals surface area contributed by atoms with Crippen LogP contribution in [0.2, 0.25) is 0 Å². The third kappa shape index (κ3) is 3.88. The van der Waals surface area contributed by atoms with Crippen molar-refractivity contribution < 1.29 is 18.0 Å². The summed E-state index contributed by atoms with van der Waals surface area (Å²) in [6.07, 6.45) is -3.15. The average molecular weight is 398 g/mol. The molecule has 0 spiro atoms. The van der Waals surface area contributed by atoms with E-state index in [1.165, 1.54) is 30.5 Å². The number of nitrogens with one attached hydrogen (secondary N) is 3. The van der Waals surface area contributed by atoms with Crippen LogP contribution in [-0.2, 0) is 6.18 Å². The molecule has 4 aromatic rings. The number of hydrogen-bond acceptors (Lipinski definition) is 3. The molecule has 0 saturated carbocycles. The largest absolute Gasteiger partial charge is 0.416 e. The van der Waals surface area contributed by atoms with Crippen LogP contribution in [0.3, 0.4) is 0 Å². The van der Waals surface area contributed by atoms with Gasteiger partial charge in [0.25, 0.3) is 5.91 Å². The van der Waals surface area contributed by atoms with Crippen LogP contribution in [0.1, 0.15) is 15.9 Å². The second-order valence-electron chi connectivity index (χ2n) is 6.30. The first-order chi connectivity index (χ1) is 13.8. The summed E-state index contributed by atoms with van der Waals surface area (Å²) in [7, 11) is 0. The van der Waals surface area contributed by atoms with Gasteiger partial charge in [-0.2, -0.15) is 13.2 Å². The van der Waals surface area contributed by atoms with Crippen molar-refractivity contribution in [1.29, 1.82) is 0 Å². The molecule has 9 heteroatoms. The van der Waals surface area contributed by atoms with Gasteiger partial charge in [0, 0.05) is 17.4 Å². The van der Waals surface area contributed by atoms with Crippen LogP contribution in [0.4, 0.5) is 18.9 Å². The van der Waals surface area contributed by atoms with Crippen molar-refractivity contribution in [2.24, 2.45) is 0 Å². The molecule has 0 aliphatic heterocycles. The number of anilines is 1. The first-order valence-electron chi connectivity index (χ1n) is 8.47. The van der Waals surface area contributed by atoms with Crippen LogP contribution >= 0.6 is 0 Å². The molecule has 2 aromatic carbocycles. The lowest BCUT2D eigenvalue weighted by Gasteiger charge is -2.09. The number of aromatic amines is 2. The SMILES string of the molecule is O=C(Nc1ccc2[nH]c(=O)[nH]c2c1)c1ccc(-c2cccc(C(F)(F)F)c2)nc1. The quantitative estimate of drug-likeness (QED) is 0.483. The number of carbonyl (C=O) groups excluding carboxylic acids is 1. The number of hydrogen-bond donors (Lipinski definition) is 3. The van der Waals surface area contributed by atoms with Crippen LogP contribution in [-0.4, -0.2) is 20.9 Å². The van der Waals surface area contributed by atoms with E-state index in [4.69, 9.17) is 0 Å². The Hall–Kier alpha value is -3.88. The van der Waals surface area contributed by atoms with E-state index in [1.54, 1.807) is 18.2 Å². The third-order valence-corrected chi connectivity index (χ3v) is 4.29. The lowest BCUT2D eigenvalue weighted by molar-refractivity contribution is -0.137. The molecule has 2 aromatic heterocycles. The molecular formula is C20H13F3N4O2. The lowest BCUT2D eigenvalue weighted by atomic mass is 10.1. The molecule has 0 unspecified atom stereocenters. The highest BCUT2D eigenvalue weighted by Gasteiger charge is 2.30. The Kier molecular flexibility index (Phi) is 4.42. The number of nitrogens with zero attached hydrogens (tertiary/aromatic N) is 1. The number of alkyl halides is 3. The Bertz CT molecular complexity index is 1260. The third-order valence-electron chi connectivity index (χ3n) is 4.29. The highest BCUT2D eigenvalue weighted by molar-refractivity contribution is 6.04. The fourth-order valence-corrected chi connectivity index (χ4v) is 2.87. The number of amides is 1. The second-order valence-corrected chi connectivity index (χ2v) is 6.30. The molecule has 29 heavy (non-hydrogen) atoms. The molecule has 4 rings (SSSR count).